The second kappa shape index (κ2) is 10.5. The molecule has 0 fully saturated rings. The van der Waals surface area contributed by atoms with Gasteiger partial charge in [0.05, 0.1) is 29.1 Å². The molecule has 2 aromatic carbocycles. The molecule has 6 nitrogen and oxygen atoms in total. The Hall–Kier alpha value is -3.10. The van der Waals surface area contributed by atoms with Gasteiger partial charge in [-0.05, 0) is 75.8 Å². The molecule has 36 heavy (non-hydrogen) atoms. The van der Waals surface area contributed by atoms with E-state index in [-0.39, 0.29) is 17.2 Å². The third-order valence-corrected chi connectivity index (χ3v) is 8.47. The van der Waals surface area contributed by atoms with E-state index in [1.807, 2.05) is 57.2 Å². The number of para-hydroxylation sites is 2. The number of aryl methyl sites for hydroxylation is 4. The van der Waals surface area contributed by atoms with Gasteiger partial charge in [0.25, 0.3) is 5.56 Å². The van der Waals surface area contributed by atoms with E-state index in [2.05, 4.69) is 11.4 Å². The van der Waals surface area contributed by atoms with Gasteiger partial charge in [-0.15, -0.1) is 11.3 Å². The summed E-state index contributed by atoms with van der Waals surface area (Å²) in [4.78, 5) is 33.9. The van der Waals surface area contributed by atoms with Crippen LogP contribution < -0.4 is 15.6 Å². The number of rotatable bonds is 7. The Labute approximate surface area is 218 Å². The van der Waals surface area contributed by atoms with E-state index in [1.165, 1.54) is 22.2 Å². The summed E-state index contributed by atoms with van der Waals surface area (Å²) in [5, 5.41) is 4.22. The lowest BCUT2D eigenvalue weighted by molar-refractivity contribution is -0.113. The smallest absolute Gasteiger partial charge is 0.267 e. The van der Waals surface area contributed by atoms with Gasteiger partial charge < -0.3 is 10.1 Å². The number of hydrogen-bond donors (Lipinski definition) is 1. The summed E-state index contributed by atoms with van der Waals surface area (Å²) < 4.78 is 7.33. The Bertz CT molecular complexity index is 1510. The number of thiophene rings is 1. The molecule has 1 aliphatic carbocycles. The Balaban J connectivity index is 1.52. The Morgan fingerprint density at radius 2 is 1.97 bits per heavy atom. The number of thioether (sulfide) groups is 1. The van der Waals surface area contributed by atoms with Gasteiger partial charge in [-0.1, -0.05) is 41.6 Å². The minimum atomic E-state index is -0.181. The maximum Gasteiger partial charge on any atom is 0.267 e. The molecule has 186 valence electrons. The van der Waals surface area contributed by atoms with Crippen LogP contribution in [0.1, 0.15) is 41.3 Å². The molecule has 1 aliphatic rings. The van der Waals surface area contributed by atoms with Crippen molar-refractivity contribution in [1.29, 1.82) is 0 Å². The summed E-state index contributed by atoms with van der Waals surface area (Å²) in [5.41, 5.74) is 4.69. The number of aromatic nitrogens is 2. The molecule has 1 N–H and O–H groups in total. The highest BCUT2D eigenvalue weighted by Crippen LogP contribution is 2.35. The summed E-state index contributed by atoms with van der Waals surface area (Å²) in [6, 6.07) is 13.4. The van der Waals surface area contributed by atoms with Crippen molar-refractivity contribution in [2.45, 2.75) is 51.6 Å². The number of ether oxygens (including phenoxy) is 1. The average molecular weight is 520 g/mol. The van der Waals surface area contributed by atoms with Gasteiger partial charge >= 0.3 is 0 Å². The Morgan fingerprint density at radius 1 is 1.17 bits per heavy atom. The van der Waals surface area contributed by atoms with Gasteiger partial charge in [0, 0.05) is 4.88 Å². The van der Waals surface area contributed by atoms with Crippen LogP contribution >= 0.6 is 23.1 Å². The standard InChI is InChI=1S/C28H29N3O3S2/c1-4-34-22-11-7-6-10-20(22)29-24(32)16-35-28-30-26-25(19-9-5-8-12-23(19)36-26)27(33)31(28)21-14-13-17(2)15-18(21)3/h6-7,10-11,13-15H,4-5,8-9,12,16H2,1-3H3,(H,29,32). The molecule has 1 amide bonds. The first kappa shape index (κ1) is 24.6. The zero-order valence-corrected chi connectivity index (χ0v) is 22.4. The van der Waals surface area contributed by atoms with E-state index in [0.717, 1.165) is 52.7 Å². The monoisotopic (exact) mass is 519 g/mol. The van der Waals surface area contributed by atoms with Gasteiger partial charge in [-0.3, -0.25) is 14.2 Å². The van der Waals surface area contributed by atoms with Crippen LogP contribution in [-0.2, 0) is 17.6 Å². The minimum absolute atomic E-state index is 0.0454. The molecule has 0 spiro atoms. The number of fused-ring (bicyclic) bond motifs is 3. The molecule has 0 radical (unpaired) electrons. The molecule has 0 saturated carbocycles. The van der Waals surface area contributed by atoms with Gasteiger partial charge in [-0.2, -0.15) is 0 Å². The summed E-state index contributed by atoms with van der Waals surface area (Å²) >= 11 is 2.91. The van der Waals surface area contributed by atoms with E-state index < -0.39 is 0 Å². The molecule has 0 aliphatic heterocycles. The van der Waals surface area contributed by atoms with Crippen molar-refractivity contribution in [2.75, 3.05) is 17.7 Å². The summed E-state index contributed by atoms with van der Waals surface area (Å²) in [6.45, 7) is 6.47. The van der Waals surface area contributed by atoms with Crippen molar-refractivity contribution in [3.63, 3.8) is 0 Å². The Kier molecular flexibility index (Phi) is 7.16. The molecule has 0 saturated heterocycles. The van der Waals surface area contributed by atoms with Crippen molar-refractivity contribution in [1.82, 2.24) is 9.55 Å². The summed E-state index contributed by atoms with van der Waals surface area (Å²) in [6.07, 6.45) is 4.18. The lowest BCUT2D eigenvalue weighted by Crippen LogP contribution is -2.24. The van der Waals surface area contributed by atoms with Crippen molar-refractivity contribution in [2.24, 2.45) is 0 Å². The molecule has 5 rings (SSSR count). The second-order valence-electron chi connectivity index (χ2n) is 8.98. The zero-order chi connectivity index (χ0) is 25.2. The number of carbonyl (C=O) groups excluding carboxylic acids is 1. The van der Waals surface area contributed by atoms with Crippen LogP contribution in [-0.4, -0.2) is 27.8 Å². The van der Waals surface area contributed by atoms with Crippen LogP contribution in [0.5, 0.6) is 5.75 Å². The van der Waals surface area contributed by atoms with Gasteiger partial charge in [0.15, 0.2) is 5.16 Å². The fourth-order valence-corrected chi connectivity index (χ4v) is 6.83. The highest BCUT2D eigenvalue weighted by molar-refractivity contribution is 7.99. The SMILES string of the molecule is CCOc1ccccc1NC(=O)CSc1nc2sc3c(c2c(=O)n1-c1ccc(C)cc1C)CCCC3. The number of hydrogen-bond acceptors (Lipinski definition) is 6. The fraction of sp³-hybridized carbons (Fsp3) is 0.321. The summed E-state index contributed by atoms with van der Waals surface area (Å²) in [7, 11) is 0. The number of amides is 1. The first-order valence-corrected chi connectivity index (χ1v) is 14.1. The lowest BCUT2D eigenvalue weighted by atomic mass is 9.97. The van der Waals surface area contributed by atoms with E-state index >= 15 is 0 Å². The van der Waals surface area contributed by atoms with Crippen molar-refractivity contribution < 1.29 is 9.53 Å². The molecule has 0 atom stereocenters. The van der Waals surface area contributed by atoms with E-state index in [1.54, 1.807) is 15.9 Å². The van der Waals surface area contributed by atoms with Crippen molar-refractivity contribution >= 4 is 44.9 Å². The van der Waals surface area contributed by atoms with Crippen LogP contribution in [0.15, 0.2) is 52.4 Å². The number of carbonyl (C=O) groups is 1. The average Bonchev–Trinajstić information content (AvgIpc) is 3.23. The lowest BCUT2D eigenvalue weighted by Gasteiger charge is -2.16. The molecular weight excluding hydrogens is 490 g/mol. The van der Waals surface area contributed by atoms with E-state index in [4.69, 9.17) is 9.72 Å². The third kappa shape index (κ3) is 4.80. The largest absolute Gasteiger partial charge is 0.492 e. The van der Waals surface area contributed by atoms with E-state index in [0.29, 0.717) is 23.2 Å². The first-order chi connectivity index (χ1) is 17.5. The van der Waals surface area contributed by atoms with Crippen LogP contribution in [0, 0.1) is 13.8 Å². The van der Waals surface area contributed by atoms with Gasteiger partial charge in [0.2, 0.25) is 5.91 Å². The predicted octanol–water partition coefficient (Wildman–Crippen LogP) is 6.07. The van der Waals surface area contributed by atoms with Crippen LogP contribution in [0.4, 0.5) is 5.69 Å². The number of nitrogens with one attached hydrogen (secondary N) is 1. The van der Waals surface area contributed by atoms with Crippen molar-refractivity contribution in [3.8, 4) is 11.4 Å². The fourth-order valence-electron chi connectivity index (χ4n) is 4.72. The highest BCUT2D eigenvalue weighted by atomic mass is 32.2. The first-order valence-electron chi connectivity index (χ1n) is 12.3. The quantitative estimate of drug-likeness (QED) is 0.237. The number of benzene rings is 2. The van der Waals surface area contributed by atoms with Crippen LogP contribution in [0.2, 0.25) is 0 Å². The molecule has 0 bridgehead atoms. The molecule has 0 unspecified atom stereocenters. The maximum atomic E-state index is 14.0. The number of nitrogens with zero attached hydrogens (tertiary/aromatic N) is 2. The number of anilines is 1. The predicted molar refractivity (Wildman–Crippen MR) is 148 cm³/mol. The van der Waals surface area contributed by atoms with Gasteiger partial charge in [-0.25, -0.2) is 4.98 Å². The normalized spacial score (nSPS) is 13.0. The van der Waals surface area contributed by atoms with Crippen LogP contribution in [0.25, 0.3) is 15.9 Å². The molecule has 2 aromatic heterocycles. The molecule has 2 heterocycles. The van der Waals surface area contributed by atoms with Crippen molar-refractivity contribution in [3.05, 3.63) is 74.4 Å². The molecule has 8 heteroatoms. The van der Waals surface area contributed by atoms with Gasteiger partial charge in [0.1, 0.15) is 10.6 Å². The topological polar surface area (TPSA) is 73.2 Å². The maximum absolute atomic E-state index is 14.0. The third-order valence-electron chi connectivity index (χ3n) is 6.34. The Morgan fingerprint density at radius 3 is 2.78 bits per heavy atom. The zero-order valence-electron chi connectivity index (χ0n) is 20.7. The summed E-state index contributed by atoms with van der Waals surface area (Å²) in [5.74, 6) is 0.572. The minimum Gasteiger partial charge on any atom is -0.492 e. The van der Waals surface area contributed by atoms with E-state index in [9.17, 15) is 9.59 Å². The second-order valence-corrected chi connectivity index (χ2v) is 11.0. The molecular formula is C28H29N3O3S2. The highest BCUT2D eigenvalue weighted by Gasteiger charge is 2.24. The molecule has 4 aromatic rings. The van der Waals surface area contributed by atoms with Crippen LogP contribution in [0.3, 0.4) is 0 Å².